The highest BCUT2D eigenvalue weighted by Crippen LogP contribution is 2.07. The van der Waals surface area contributed by atoms with Crippen molar-refractivity contribution in [1.29, 1.82) is 5.41 Å². The van der Waals surface area contributed by atoms with E-state index in [9.17, 15) is 4.79 Å². The Morgan fingerprint density at radius 1 is 1.89 bits per heavy atom. The van der Waals surface area contributed by atoms with Crippen LogP contribution in [0, 0.1) is 5.41 Å². The van der Waals surface area contributed by atoms with Crippen molar-refractivity contribution in [3.8, 4) is 0 Å². The number of rotatable bonds is 3. The van der Waals surface area contributed by atoms with Crippen molar-refractivity contribution in [1.82, 2.24) is 5.32 Å². The molecule has 0 aromatic carbocycles. The van der Waals surface area contributed by atoms with Gasteiger partial charge in [0, 0.05) is 7.05 Å². The average molecular weight is 144 g/mol. The van der Waals surface area contributed by atoms with E-state index in [1.54, 1.807) is 0 Å². The van der Waals surface area contributed by atoms with Crippen molar-refractivity contribution in [3.05, 3.63) is 11.5 Å². The molecule has 0 unspecified atom stereocenters. The lowest BCUT2D eigenvalue weighted by molar-refractivity contribution is -0.116. The van der Waals surface area contributed by atoms with Gasteiger partial charge in [-0.25, -0.2) is 0 Å². The Morgan fingerprint density at radius 3 is 2.78 bits per heavy atom. The largest absolute Gasteiger partial charge is 0.355 e. The Balaban J connectivity index is 3.73. The molecular formula is C5H8N2OS. The van der Waals surface area contributed by atoms with Gasteiger partial charge in [0.1, 0.15) is 0 Å². The Kier molecular flexibility index (Phi) is 3.79. The molecule has 0 spiro atoms. The molecule has 0 heterocycles. The van der Waals surface area contributed by atoms with Gasteiger partial charge in [0.25, 0.3) is 5.91 Å². The first-order valence-electron chi connectivity index (χ1n) is 2.29. The van der Waals surface area contributed by atoms with E-state index in [1.807, 2.05) is 0 Å². The van der Waals surface area contributed by atoms with E-state index in [1.165, 1.54) is 7.05 Å². The summed E-state index contributed by atoms with van der Waals surface area (Å²) < 4.78 is 0. The molecule has 4 heteroatoms. The van der Waals surface area contributed by atoms with E-state index in [0.717, 1.165) is 17.3 Å². The zero-order chi connectivity index (χ0) is 7.28. The molecule has 50 valence electrons. The summed E-state index contributed by atoms with van der Waals surface area (Å²) in [5.41, 5.74) is 1.07. The molecule has 0 aliphatic rings. The summed E-state index contributed by atoms with van der Waals surface area (Å²) in [4.78, 5) is 10.9. The van der Waals surface area contributed by atoms with Crippen molar-refractivity contribution in [3.63, 3.8) is 0 Å². The summed E-state index contributed by atoms with van der Waals surface area (Å²) >= 11 is 0.999. The molecule has 9 heavy (non-hydrogen) atoms. The number of carbonyl (C=O) groups excluding carboxylic acids is 1. The minimum atomic E-state index is -0.233. The maximum absolute atomic E-state index is 10.6. The molecule has 0 aliphatic heterocycles. The van der Waals surface area contributed by atoms with E-state index in [0.29, 0.717) is 4.91 Å². The summed E-state index contributed by atoms with van der Waals surface area (Å²) in [5, 5.41) is 8.99. The molecular weight excluding hydrogens is 136 g/mol. The van der Waals surface area contributed by atoms with Gasteiger partial charge >= 0.3 is 0 Å². The van der Waals surface area contributed by atoms with Crippen LogP contribution in [0.1, 0.15) is 0 Å². The van der Waals surface area contributed by atoms with E-state index < -0.39 is 0 Å². The molecule has 0 saturated heterocycles. The fourth-order valence-electron chi connectivity index (χ4n) is 0.264. The molecule has 0 aromatic heterocycles. The zero-order valence-electron chi connectivity index (χ0n) is 5.10. The number of hydrogen-bond donors (Lipinski definition) is 2. The highest BCUT2D eigenvalue weighted by molar-refractivity contribution is 8.16. The van der Waals surface area contributed by atoms with Gasteiger partial charge in [-0.15, -0.1) is 0 Å². The molecule has 0 aromatic rings. The second-order valence-corrected chi connectivity index (χ2v) is 2.20. The number of nitrogens with one attached hydrogen (secondary N) is 2. The number of thioether (sulfide) groups is 1. The van der Waals surface area contributed by atoms with Gasteiger partial charge in [-0.2, -0.15) is 0 Å². The third-order valence-electron chi connectivity index (χ3n) is 0.682. The molecule has 1 amide bonds. The van der Waals surface area contributed by atoms with Gasteiger partial charge in [-0.05, 0) is 0 Å². The monoisotopic (exact) mass is 144 g/mol. The molecule has 3 nitrogen and oxygen atoms in total. The number of likely N-dealkylation sites (N-methyl/N-ethyl adjacent to an activating group) is 1. The van der Waals surface area contributed by atoms with Crippen LogP contribution in [0.4, 0.5) is 0 Å². The number of hydrogen-bond acceptors (Lipinski definition) is 3. The fourth-order valence-corrected chi connectivity index (χ4v) is 0.615. The second-order valence-electron chi connectivity index (χ2n) is 1.24. The Hall–Kier alpha value is -0.770. The molecule has 0 aliphatic carbocycles. The van der Waals surface area contributed by atoms with E-state index in [-0.39, 0.29) is 5.91 Å². The minimum absolute atomic E-state index is 0.233. The maximum atomic E-state index is 10.6. The number of amides is 1. The van der Waals surface area contributed by atoms with Crippen LogP contribution in [0.5, 0.6) is 0 Å². The summed E-state index contributed by atoms with van der Waals surface area (Å²) in [6, 6.07) is 0. The van der Waals surface area contributed by atoms with Gasteiger partial charge in [0.2, 0.25) is 0 Å². The van der Waals surface area contributed by atoms with Crippen LogP contribution in [-0.4, -0.2) is 18.5 Å². The first kappa shape index (κ1) is 8.23. The third-order valence-corrected chi connectivity index (χ3v) is 1.27. The van der Waals surface area contributed by atoms with Crippen LogP contribution in [0.3, 0.4) is 0 Å². The van der Waals surface area contributed by atoms with E-state index in [2.05, 4.69) is 11.9 Å². The summed E-state index contributed by atoms with van der Waals surface area (Å²) in [5.74, 6) is -0.233. The zero-order valence-corrected chi connectivity index (χ0v) is 5.92. The van der Waals surface area contributed by atoms with Crippen molar-refractivity contribution >= 4 is 23.2 Å². The standard InChI is InChI=1S/C5H8N2OS/c1-4(9-3-6)5(8)7-2/h3,6H,1H2,2H3,(H,7,8). The predicted octanol–water partition coefficient (Wildman–Crippen LogP) is 0.586. The van der Waals surface area contributed by atoms with Gasteiger partial charge in [0.15, 0.2) is 0 Å². The minimum Gasteiger partial charge on any atom is -0.355 e. The van der Waals surface area contributed by atoms with E-state index >= 15 is 0 Å². The van der Waals surface area contributed by atoms with Gasteiger partial charge in [-0.1, -0.05) is 18.3 Å². The molecule has 0 rings (SSSR count). The van der Waals surface area contributed by atoms with Crippen LogP contribution in [0.15, 0.2) is 11.5 Å². The lowest BCUT2D eigenvalue weighted by Gasteiger charge is -1.96. The van der Waals surface area contributed by atoms with Crippen LogP contribution < -0.4 is 5.32 Å². The van der Waals surface area contributed by atoms with Crippen LogP contribution in [0.25, 0.3) is 0 Å². The van der Waals surface area contributed by atoms with Crippen LogP contribution in [0.2, 0.25) is 0 Å². The molecule has 0 saturated carbocycles. The Labute approximate surface area is 58.0 Å². The Morgan fingerprint density at radius 2 is 2.44 bits per heavy atom. The lowest BCUT2D eigenvalue weighted by Crippen LogP contribution is -2.17. The summed E-state index contributed by atoms with van der Waals surface area (Å²) in [7, 11) is 1.53. The van der Waals surface area contributed by atoms with Gasteiger partial charge in [0.05, 0.1) is 10.5 Å². The smallest absolute Gasteiger partial charge is 0.257 e. The fraction of sp³-hybridized carbons (Fsp3) is 0.200. The molecule has 0 bridgehead atoms. The van der Waals surface area contributed by atoms with E-state index in [4.69, 9.17) is 5.41 Å². The lowest BCUT2D eigenvalue weighted by atomic mass is 10.6. The van der Waals surface area contributed by atoms with Crippen molar-refractivity contribution in [2.24, 2.45) is 0 Å². The number of carbonyl (C=O) groups is 1. The average Bonchev–Trinajstić information content (AvgIpc) is 1.87. The maximum Gasteiger partial charge on any atom is 0.257 e. The van der Waals surface area contributed by atoms with Crippen molar-refractivity contribution in [2.75, 3.05) is 7.05 Å². The summed E-state index contributed by atoms with van der Waals surface area (Å²) in [6.45, 7) is 3.41. The second kappa shape index (κ2) is 4.14. The molecule has 0 radical (unpaired) electrons. The predicted molar refractivity (Wildman–Crippen MR) is 39.6 cm³/mol. The van der Waals surface area contributed by atoms with Crippen LogP contribution >= 0.6 is 11.8 Å². The van der Waals surface area contributed by atoms with Crippen molar-refractivity contribution < 1.29 is 4.79 Å². The third kappa shape index (κ3) is 2.92. The highest BCUT2D eigenvalue weighted by atomic mass is 32.2. The van der Waals surface area contributed by atoms with Gasteiger partial charge < -0.3 is 10.7 Å². The first-order valence-corrected chi connectivity index (χ1v) is 3.17. The topological polar surface area (TPSA) is 53.0 Å². The summed E-state index contributed by atoms with van der Waals surface area (Å²) in [6.07, 6.45) is 0. The first-order chi connectivity index (χ1) is 4.22. The quantitative estimate of drug-likeness (QED) is 0.346. The normalized spacial score (nSPS) is 8.11. The Bertz CT molecular complexity index is 144. The SMILES string of the molecule is C=C(SC=N)C(=O)NC. The molecule has 2 N–H and O–H groups in total. The van der Waals surface area contributed by atoms with Gasteiger partial charge in [-0.3, -0.25) is 4.79 Å². The molecule has 0 fully saturated rings. The molecule has 0 atom stereocenters. The van der Waals surface area contributed by atoms with Crippen LogP contribution in [-0.2, 0) is 4.79 Å². The highest BCUT2D eigenvalue weighted by Gasteiger charge is 2.00. The van der Waals surface area contributed by atoms with Crippen molar-refractivity contribution in [2.45, 2.75) is 0 Å².